The van der Waals surface area contributed by atoms with Crippen molar-refractivity contribution in [3.8, 4) is 5.75 Å². The second-order valence-corrected chi connectivity index (χ2v) is 13.2. The van der Waals surface area contributed by atoms with Gasteiger partial charge in [-0.3, -0.25) is 0 Å². The Morgan fingerprint density at radius 3 is 1.24 bits per heavy atom. The fourth-order valence-electron chi connectivity index (χ4n) is 5.53. The molecule has 0 bridgehead atoms. The summed E-state index contributed by atoms with van der Waals surface area (Å²) in [6, 6.07) is 5.82. The summed E-state index contributed by atoms with van der Waals surface area (Å²) in [5.41, 5.74) is 2.13. The Hall–Kier alpha value is -0.980. The third-order valence-electron chi connectivity index (χ3n) is 8.11. The quantitative estimate of drug-likeness (QED) is 0.148. The van der Waals surface area contributed by atoms with Crippen LogP contribution in [0.3, 0.4) is 0 Å². The van der Waals surface area contributed by atoms with Crippen molar-refractivity contribution in [2.75, 3.05) is 0 Å². The number of phenols is 1. The van der Waals surface area contributed by atoms with Gasteiger partial charge in [-0.1, -0.05) is 195 Å². The molecule has 1 aromatic carbocycles. The third-order valence-corrected chi connectivity index (χ3v) is 8.11. The topological polar surface area (TPSA) is 20.2 Å². The fourth-order valence-corrected chi connectivity index (χ4v) is 5.53. The summed E-state index contributed by atoms with van der Waals surface area (Å²) in [7, 11) is 0. The van der Waals surface area contributed by atoms with Crippen molar-refractivity contribution in [2.24, 2.45) is 5.92 Å². The number of phenolic OH excluding ortho intramolecular Hbond substituents is 1. The molecule has 1 unspecified atom stereocenters. The lowest BCUT2D eigenvalue weighted by molar-refractivity contribution is 0.366. The Labute approximate surface area is 241 Å². The number of aryl methyl sites for hydroxylation is 1. The van der Waals surface area contributed by atoms with Gasteiger partial charge in [0.2, 0.25) is 0 Å². The van der Waals surface area contributed by atoms with Crippen LogP contribution in [0.4, 0.5) is 0 Å². The average Bonchev–Trinajstić information content (AvgIpc) is 2.86. The zero-order valence-electron chi connectivity index (χ0n) is 27.3. The highest BCUT2D eigenvalue weighted by molar-refractivity contribution is 5.40. The first-order chi connectivity index (χ1) is 18.3. The van der Waals surface area contributed by atoms with Crippen LogP contribution in [0.1, 0.15) is 194 Å². The van der Waals surface area contributed by atoms with Gasteiger partial charge in [-0.25, -0.2) is 0 Å². The van der Waals surface area contributed by atoms with Crippen molar-refractivity contribution in [3.63, 3.8) is 0 Å². The maximum atomic E-state index is 9.63. The van der Waals surface area contributed by atoms with E-state index in [-0.39, 0.29) is 5.41 Å². The highest BCUT2D eigenvalue weighted by Crippen LogP contribution is 2.30. The first-order valence-corrected chi connectivity index (χ1v) is 17.1. The summed E-state index contributed by atoms with van der Waals surface area (Å²) in [5.74, 6) is 1.45. The van der Waals surface area contributed by atoms with Crippen LogP contribution in [0.5, 0.6) is 5.75 Å². The molecule has 0 aliphatic heterocycles. The van der Waals surface area contributed by atoms with Gasteiger partial charge >= 0.3 is 0 Å². The lowest BCUT2D eigenvalue weighted by Crippen LogP contribution is -2.11. The van der Waals surface area contributed by atoms with Crippen LogP contribution in [-0.2, 0) is 5.41 Å². The zero-order chi connectivity index (χ0) is 28.5. The summed E-state index contributed by atoms with van der Waals surface area (Å²) in [6.45, 7) is 15.2. The van der Waals surface area contributed by atoms with E-state index in [0.717, 1.165) is 17.0 Å². The van der Waals surface area contributed by atoms with Gasteiger partial charge in [0.05, 0.1) is 0 Å². The highest BCUT2D eigenvalue weighted by atomic mass is 16.3. The minimum atomic E-state index is 0.0256. The van der Waals surface area contributed by atoms with E-state index in [4.69, 9.17) is 0 Å². The fraction of sp³-hybridized carbons (Fsp3) is 0.838. The standard InChI is InChI=1S/C26H54.C11H16O/c1-4-7-10-13-14-15-16-17-19-22-25-26(23-20-12-9-6-3)24-21-18-11-8-5-2;1-8-5-6-9(10(12)7-8)11(2,3)4/h26H,4-25H2,1-3H3;5-7,12H,1-4H3. The number of hydrogen-bond donors (Lipinski definition) is 1. The molecule has 1 aromatic rings. The van der Waals surface area contributed by atoms with Gasteiger partial charge in [0, 0.05) is 0 Å². The van der Waals surface area contributed by atoms with Crippen LogP contribution in [-0.4, -0.2) is 5.11 Å². The van der Waals surface area contributed by atoms with Gasteiger partial charge in [0.15, 0.2) is 0 Å². The molecule has 1 heteroatoms. The van der Waals surface area contributed by atoms with Crippen LogP contribution in [0, 0.1) is 12.8 Å². The number of unbranched alkanes of at least 4 members (excludes halogenated alkanes) is 16. The molecule has 0 heterocycles. The second kappa shape index (κ2) is 25.0. The van der Waals surface area contributed by atoms with E-state index in [9.17, 15) is 5.11 Å². The van der Waals surface area contributed by atoms with E-state index in [0.29, 0.717) is 5.75 Å². The molecule has 0 fully saturated rings. The number of benzene rings is 1. The van der Waals surface area contributed by atoms with Crippen molar-refractivity contribution in [1.29, 1.82) is 0 Å². The van der Waals surface area contributed by atoms with E-state index in [2.05, 4.69) is 41.5 Å². The molecule has 1 rings (SSSR count). The minimum absolute atomic E-state index is 0.0256. The van der Waals surface area contributed by atoms with E-state index >= 15 is 0 Å². The molecule has 0 radical (unpaired) electrons. The van der Waals surface area contributed by atoms with Crippen LogP contribution < -0.4 is 0 Å². The van der Waals surface area contributed by atoms with Gasteiger partial charge in [0.1, 0.15) is 5.75 Å². The molecule has 38 heavy (non-hydrogen) atoms. The maximum absolute atomic E-state index is 9.63. The zero-order valence-corrected chi connectivity index (χ0v) is 27.3. The monoisotopic (exact) mass is 531 g/mol. The first-order valence-electron chi connectivity index (χ1n) is 17.1. The summed E-state index contributed by atoms with van der Waals surface area (Å²) in [5, 5.41) is 9.63. The first kappa shape index (κ1) is 37.0. The molecular weight excluding hydrogens is 460 g/mol. The molecule has 0 aromatic heterocycles. The van der Waals surface area contributed by atoms with E-state index in [1.54, 1.807) is 6.07 Å². The van der Waals surface area contributed by atoms with Crippen molar-refractivity contribution >= 4 is 0 Å². The molecule has 0 aliphatic rings. The molecular formula is C37H70O. The van der Waals surface area contributed by atoms with Gasteiger partial charge in [-0.2, -0.15) is 0 Å². The van der Waals surface area contributed by atoms with Gasteiger partial charge in [0.25, 0.3) is 0 Å². The van der Waals surface area contributed by atoms with Crippen molar-refractivity contribution in [2.45, 2.75) is 195 Å². The van der Waals surface area contributed by atoms with Gasteiger partial charge < -0.3 is 5.11 Å². The number of aromatic hydroxyl groups is 1. The van der Waals surface area contributed by atoms with E-state index in [1.165, 1.54) is 141 Å². The highest BCUT2D eigenvalue weighted by Gasteiger charge is 2.17. The molecule has 224 valence electrons. The largest absolute Gasteiger partial charge is 0.508 e. The molecule has 0 saturated carbocycles. The maximum Gasteiger partial charge on any atom is 0.119 e. The Morgan fingerprint density at radius 1 is 0.553 bits per heavy atom. The SMILES string of the molecule is CCCCCCCCCCCCC(CCCCCC)CCCCCCC.Cc1ccc(C(C)(C)C)c(O)c1. The van der Waals surface area contributed by atoms with Crippen LogP contribution in [0.2, 0.25) is 0 Å². The molecule has 1 nitrogen and oxygen atoms in total. The molecule has 0 aliphatic carbocycles. The van der Waals surface area contributed by atoms with Crippen LogP contribution >= 0.6 is 0 Å². The predicted molar refractivity (Wildman–Crippen MR) is 174 cm³/mol. The van der Waals surface area contributed by atoms with E-state index in [1.807, 2.05) is 19.1 Å². The smallest absolute Gasteiger partial charge is 0.119 e. The lowest BCUT2D eigenvalue weighted by atomic mass is 9.86. The summed E-state index contributed by atoms with van der Waals surface area (Å²) < 4.78 is 0. The Morgan fingerprint density at radius 2 is 0.895 bits per heavy atom. The Balaban J connectivity index is 0.000000942. The summed E-state index contributed by atoms with van der Waals surface area (Å²) >= 11 is 0. The normalized spacial score (nSPS) is 12.3. The number of rotatable bonds is 22. The van der Waals surface area contributed by atoms with Gasteiger partial charge in [-0.05, 0) is 35.4 Å². The Kier molecular flexibility index (Phi) is 24.4. The molecule has 0 spiro atoms. The molecule has 1 atom stereocenters. The van der Waals surface area contributed by atoms with Crippen LogP contribution in [0.15, 0.2) is 18.2 Å². The summed E-state index contributed by atoms with van der Waals surface area (Å²) in [6.07, 6.45) is 32.3. The molecule has 1 N–H and O–H groups in total. The van der Waals surface area contributed by atoms with E-state index < -0.39 is 0 Å². The van der Waals surface area contributed by atoms with Crippen molar-refractivity contribution in [1.82, 2.24) is 0 Å². The van der Waals surface area contributed by atoms with Crippen molar-refractivity contribution < 1.29 is 5.11 Å². The number of hydrogen-bond acceptors (Lipinski definition) is 1. The third kappa shape index (κ3) is 21.9. The lowest BCUT2D eigenvalue weighted by Gasteiger charge is -2.20. The molecule has 0 saturated heterocycles. The minimum Gasteiger partial charge on any atom is -0.508 e. The Bertz CT molecular complexity index is 626. The van der Waals surface area contributed by atoms with Crippen molar-refractivity contribution in [3.05, 3.63) is 29.3 Å². The average molecular weight is 531 g/mol. The summed E-state index contributed by atoms with van der Waals surface area (Å²) in [4.78, 5) is 0. The second-order valence-electron chi connectivity index (χ2n) is 13.2. The van der Waals surface area contributed by atoms with Gasteiger partial charge in [-0.15, -0.1) is 0 Å². The molecule has 0 amide bonds. The predicted octanol–water partition coefficient (Wildman–Crippen LogP) is 13.2. The van der Waals surface area contributed by atoms with Crippen LogP contribution in [0.25, 0.3) is 0 Å².